The number of morpholine rings is 1. The van der Waals surface area contributed by atoms with E-state index in [1.54, 1.807) is 4.90 Å². The molecule has 2 rings (SSSR count). The molecule has 0 aromatic heterocycles. The highest BCUT2D eigenvalue weighted by molar-refractivity contribution is 7.88. The smallest absolute Gasteiger partial charge is 0.241 e. The highest BCUT2D eigenvalue weighted by Gasteiger charge is 2.37. The molecule has 0 aliphatic carbocycles. The van der Waals surface area contributed by atoms with Gasteiger partial charge in [0.15, 0.2) is 0 Å². The van der Waals surface area contributed by atoms with Crippen LogP contribution in [0, 0.1) is 0 Å². The van der Waals surface area contributed by atoms with Crippen LogP contribution in [0.4, 0.5) is 0 Å². The summed E-state index contributed by atoms with van der Waals surface area (Å²) in [5.74, 6) is -0.0692. The van der Waals surface area contributed by atoms with Crippen LogP contribution in [0.1, 0.15) is 26.2 Å². The third kappa shape index (κ3) is 3.46. The Morgan fingerprint density at radius 2 is 2.00 bits per heavy atom. The van der Waals surface area contributed by atoms with Gasteiger partial charge in [-0.25, -0.2) is 8.42 Å². The maximum absolute atomic E-state index is 12.5. The fraction of sp³-hybridized carbons (Fsp3) is 0.917. The van der Waals surface area contributed by atoms with Gasteiger partial charge in [0.2, 0.25) is 15.9 Å². The lowest BCUT2D eigenvalue weighted by atomic mass is 10.0. The van der Waals surface area contributed by atoms with Crippen molar-refractivity contribution in [2.45, 2.75) is 38.3 Å². The number of nitrogens with zero attached hydrogens (tertiary/aromatic N) is 2. The van der Waals surface area contributed by atoms with Crippen LogP contribution in [0.2, 0.25) is 0 Å². The van der Waals surface area contributed by atoms with Crippen molar-refractivity contribution in [3.63, 3.8) is 0 Å². The van der Waals surface area contributed by atoms with Gasteiger partial charge in [0, 0.05) is 19.6 Å². The first kappa shape index (κ1) is 14.7. The predicted octanol–water partition coefficient (Wildman–Crippen LogP) is 0.0478. The first-order valence-electron chi connectivity index (χ1n) is 6.77. The van der Waals surface area contributed by atoms with Crippen LogP contribution in [0.5, 0.6) is 0 Å². The van der Waals surface area contributed by atoms with Gasteiger partial charge in [-0.05, 0) is 19.8 Å². The van der Waals surface area contributed by atoms with Gasteiger partial charge >= 0.3 is 0 Å². The summed E-state index contributed by atoms with van der Waals surface area (Å²) in [7, 11) is -3.32. The lowest BCUT2D eigenvalue weighted by Crippen LogP contribution is -2.55. The first-order chi connectivity index (χ1) is 8.89. The van der Waals surface area contributed by atoms with E-state index in [1.165, 1.54) is 10.6 Å². The van der Waals surface area contributed by atoms with E-state index >= 15 is 0 Å². The minimum Gasteiger partial charge on any atom is -0.375 e. The third-order valence-electron chi connectivity index (χ3n) is 3.72. The van der Waals surface area contributed by atoms with Crippen molar-refractivity contribution in [2.75, 3.05) is 32.5 Å². The molecule has 6 nitrogen and oxygen atoms in total. The molecule has 0 N–H and O–H groups in total. The molecule has 0 spiro atoms. The Bertz CT molecular complexity index is 437. The summed E-state index contributed by atoms with van der Waals surface area (Å²) in [6.07, 6.45) is 3.56. The Morgan fingerprint density at radius 1 is 1.26 bits per heavy atom. The second kappa shape index (κ2) is 5.76. The molecule has 2 fully saturated rings. The van der Waals surface area contributed by atoms with E-state index in [0.29, 0.717) is 32.7 Å². The number of sulfonamides is 1. The molecule has 2 saturated heterocycles. The van der Waals surface area contributed by atoms with Crippen molar-refractivity contribution < 1.29 is 17.9 Å². The summed E-state index contributed by atoms with van der Waals surface area (Å²) in [4.78, 5) is 14.3. The molecule has 2 aliphatic rings. The van der Waals surface area contributed by atoms with Gasteiger partial charge < -0.3 is 9.64 Å². The molecule has 2 atom stereocenters. The lowest BCUT2D eigenvalue weighted by molar-refractivity contribution is -0.143. The molecule has 19 heavy (non-hydrogen) atoms. The Balaban J connectivity index is 2.11. The molecule has 0 aromatic carbocycles. The fourth-order valence-electron chi connectivity index (χ4n) is 2.78. The maximum atomic E-state index is 12.5. The largest absolute Gasteiger partial charge is 0.375 e. The summed E-state index contributed by atoms with van der Waals surface area (Å²) in [6, 6.07) is -0.519. The highest BCUT2D eigenvalue weighted by Crippen LogP contribution is 2.22. The Kier molecular flexibility index (Phi) is 4.47. The molecule has 1 amide bonds. The maximum Gasteiger partial charge on any atom is 0.241 e. The van der Waals surface area contributed by atoms with Crippen molar-refractivity contribution in [1.29, 1.82) is 0 Å². The molecule has 7 heteroatoms. The van der Waals surface area contributed by atoms with Gasteiger partial charge in [-0.2, -0.15) is 4.31 Å². The fourth-order valence-corrected chi connectivity index (χ4v) is 3.90. The van der Waals surface area contributed by atoms with Gasteiger partial charge in [-0.3, -0.25) is 4.79 Å². The van der Waals surface area contributed by atoms with Crippen molar-refractivity contribution in [1.82, 2.24) is 9.21 Å². The summed E-state index contributed by atoms with van der Waals surface area (Å²) in [5, 5.41) is 0. The zero-order valence-electron chi connectivity index (χ0n) is 11.5. The van der Waals surface area contributed by atoms with Gasteiger partial charge in [0.25, 0.3) is 0 Å². The van der Waals surface area contributed by atoms with E-state index < -0.39 is 16.1 Å². The molecule has 110 valence electrons. The SMILES string of the molecule is C[C@H]1CN(C(=O)[C@H]2CCCCN2S(C)(=O)=O)CCO1. The molecule has 0 saturated carbocycles. The van der Waals surface area contributed by atoms with E-state index in [4.69, 9.17) is 4.74 Å². The number of rotatable bonds is 2. The molecular formula is C12H22N2O4S. The van der Waals surface area contributed by atoms with Crippen molar-refractivity contribution in [2.24, 2.45) is 0 Å². The van der Waals surface area contributed by atoms with E-state index in [-0.39, 0.29) is 12.0 Å². The van der Waals surface area contributed by atoms with E-state index in [9.17, 15) is 13.2 Å². The molecule has 0 aromatic rings. The van der Waals surface area contributed by atoms with Crippen LogP contribution in [0.15, 0.2) is 0 Å². The minimum absolute atomic E-state index is 0.0213. The number of hydrogen-bond acceptors (Lipinski definition) is 4. The van der Waals surface area contributed by atoms with Gasteiger partial charge in [-0.15, -0.1) is 0 Å². The minimum atomic E-state index is -3.32. The topological polar surface area (TPSA) is 66.9 Å². The second-order valence-corrected chi connectivity index (χ2v) is 7.29. The molecule has 0 radical (unpaired) electrons. The third-order valence-corrected chi connectivity index (χ3v) is 5.01. The quantitative estimate of drug-likeness (QED) is 0.720. The molecular weight excluding hydrogens is 268 g/mol. The van der Waals surface area contributed by atoms with Gasteiger partial charge in [0.05, 0.1) is 19.0 Å². The normalized spacial score (nSPS) is 30.3. The summed E-state index contributed by atoms with van der Waals surface area (Å²) in [5.41, 5.74) is 0. The summed E-state index contributed by atoms with van der Waals surface area (Å²) >= 11 is 0. The van der Waals surface area contributed by atoms with Crippen LogP contribution in [-0.4, -0.2) is 68.2 Å². The monoisotopic (exact) mass is 290 g/mol. The summed E-state index contributed by atoms with van der Waals surface area (Å²) < 4.78 is 30.3. The number of carbonyl (C=O) groups excluding carboxylic acids is 1. The molecule has 2 heterocycles. The highest BCUT2D eigenvalue weighted by atomic mass is 32.2. The zero-order valence-corrected chi connectivity index (χ0v) is 12.4. The van der Waals surface area contributed by atoms with Gasteiger partial charge in [-0.1, -0.05) is 6.42 Å². The van der Waals surface area contributed by atoms with Crippen molar-refractivity contribution in [3.05, 3.63) is 0 Å². The van der Waals surface area contributed by atoms with Crippen LogP contribution >= 0.6 is 0 Å². The van der Waals surface area contributed by atoms with Crippen LogP contribution in [0.3, 0.4) is 0 Å². The van der Waals surface area contributed by atoms with Crippen molar-refractivity contribution >= 4 is 15.9 Å². The van der Waals surface area contributed by atoms with Gasteiger partial charge in [0.1, 0.15) is 6.04 Å². The molecule has 2 aliphatic heterocycles. The molecule has 0 bridgehead atoms. The first-order valence-corrected chi connectivity index (χ1v) is 8.61. The number of hydrogen-bond donors (Lipinski definition) is 0. The zero-order chi connectivity index (χ0) is 14.0. The van der Waals surface area contributed by atoms with Crippen LogP contribution < -0.4 is 0 Å². The van der Waals surface area contributed by atoms with Crippen LogP contribution in [-0.2, 0) is 19.6 Å². The van der Waals surface area contributed by atoms with Crippen molar-refractivity contribution in [3.8, 4) is 0 Å². The van der Waals surface area contributed by atoms with E-state index in [1.807, 2.05) is 6.92 Å². The Labute approximate surface area is 114 Å². The average molecular weight is 290 g/mol. The Morgan fingerprint density at radius 3 is 2.63 bits per heavy atom. The average Bonchev–Trinajstić information content (AvgIpc) is 2.37. The van der Waals surface area contributed by atoms with E-state index in [2.05, 4.69) is 0 Å². The number of ether oxygens (including phenoxy) is 1. The molecule has 0 unspecified atom stereocenters. The van der Waals surface area contributed by atoms with Crippen LogP contribution in [0.25, 0.3) is 0 Å². The van der Waals surface area contributed by atoms with E-state index in [0.717, 1.165) is 12.8 Å². The Hall–Kier alpha value is -0.660. The number of carbonyl (C=O) groups is 1. The standard InChI is InChI=1S/C12H22N2O4S/c1-10-9-13(7-8-18-10)12(15)11-5-3-4-6-14(11)19(2,16)17/h10-11H,3-9H2,1-2H3/t10-,11+/m0/s1. The number of amides is 1. The second-order valence-electron chi connectivity index (χ2n) is 5.35. The summed E-state index contributed by atoms with van der Waals surface area (Å²) in [6.45, 7) is 4.01. The number of piperidine rings is 1. The lowest BCUT2D eigenvalue weighted by Gasteiger charge is -2.38. The predicted molar refractivity (Wildman–Crippen MR) is 71.2 cm³/mol.